The molecule has 0 fully saturated rings. The molecule has 0 atom stereocenters. The number of carbonyl (C=O) groups is 1. The highest BCUT2D eigenvalue weighted by Gasteiger charge is 2.15. The van der Waals surface area contributed by atoms with Crippen molar-refractivity contribution < 1.29 is 4.79 Å². The van der Waals surface area contributed by atoms with E-state index in [1.807, 2.05) is 6.92 Å². The van der Waals surface area contributed by atoms with E-state index in [2.05, 4.69) is 15.7 Å². The van der Waals surface area contributed by atoms with Crippen LogP contribution in [0.4, 0.5) is 11.4 Å². The molecule has 4 N–H and O–H groups in total. The lowest BCUT2D eigenvalue weighted by Gasteiger charge is -2.12. The van der Waals surface area contributed by atoms with Gasteiger partial charge in [0, 0.05) is 12.4 Å². The number of rotatable bonds is 3. The lowest BCUT2D eigenvalue weighted by Crippen LogP contribution is -2.18. The molecule has 0 aliphatic heterocycles. The maximum Gasteiger partial charge on any atom is 0.259 e. The number of hydrazine groups is 1. The molecule has 0 unspecified atom stereocenters. The van der Waals surface area contributed by atoms with Gasteiger partial charge in [0.1, 0.15) is 0 Å². The largest absolute Gasteiger partial charge is 0.323 e. The smallest absolute Gasteiger partial charge is 0.259 e. The van der Waals surface area contributed by atoms with Gasteiger partial charge >= 0.3 is 0 Å². The minimum atomic E-state index is -0.402. The van der Waals surface area contributed by atoms with Crippen LogP contribution >= 0.6 is 23.2 Å². The van der Waals surface area contributed by atoms with Gasteiger partial charge in [0.05, 0.1) is 27.0 Å². The van der Waals surface area contributed by atoms with Crippen LogP contribution in [0.25, 0.3) is 0 Å². The molecule has 1 amide bonds. The molecule has 104 valence electrons. The number of anilines is 2. The van der Waals surface area contributed by atoms with Crippen LogP contribution < -0.4 is 16.6 Å². The molecule has 0 bridgehead atoms. The summed E-state index contributed by atoms with van der Waals surface area (Å²) in [5.41, 5.74) is 4.37. The first-order valence-corrected chi connectivity index (χ1v) is 6.46. The van der Waals surface area contributed by atoms with Crippen molar-refractivity contribution >= 4 is 40.5 Å². The molecule has 0 radical (unpaired) electrons. The molecule has 0 aliphatic rings. The van der Waals surface area contributed by atoms with Crippen molar-refractivity contribution in [2.45, 2.75) is 6.92 Å². The van der Waals surface area contributed by atoms with Crippen LogP contribution in [0, 0.1) is 6.92 Å². The summed E-state index contributed by atoms with van der Waals surface area (Å²) in [6.07, 6.45) is 2.93. The van der Waals surface area contributed by atoms with E-state index in [0.717, 1.165) is 5.56 Å². The number of amides is 1. The lowest BCUT2D eigenvalue weighted by atomic mass is 10.2. The predicted molar refractivity (Wildman–Crippen MR) is 81.2 cm³/mol. The van der Waals surface area contributed by atoms with Crippen molar-refractivity contribution in [1.82, 2.24) is 4.98 Å². The van der Waals surface area contributed by atoms with Crippen LogP contribution in [0.1, 0.15) is 15.9 Å². The van der Waals surface area contributed by atoms with E-state index in [0.29, 0.717) is 27.0 Å². The van der Waals surface area contributed by atoms with Crippen LogP contribution in [-0.4, -0.2) is 10.9 Å². The second kappa shape index (κ2) is 6.09. The number of nitrogens with two attached hydrogens (primary N) is 1. The summed E-state index contributed by atoms with van der Waals surface area (Å²) in [4.78, 5) is 16.1. The molecular weight excluding hydrogens is 299 g/mol. The fraction of sp³-hybridized carbons (Fsp3) is 0.0769. The van der Waals surface area contributed by atoms with Crippen molar-refractivity contribution in [2.24, 2.45) is 5.84 Å². The SMILES string of the molecule is Cc1ccc(Cl)c(NC(=O)c2cnccc2NN)c1Cl. The molecule has 1 aromatic carbocycles. The predicted octanol–water partition coefficient (Wildman–Crippen LogP) is 3.23. The van der Waals surface area contributed by atoms with E-state index in [9.17, 15) is 4.79 Å². The van der Waals surface area contributed by atoms with Gasteiger partial charge in [-0.2, -0.15) is 0 Å². The highest BCUT2D eigenvalue weighted by atomic mass is 35.5. The van der Waals surface area contributed by atoms with Gasteiger partial charge in [-0.3, -0.25) is 15.6 Å². The Morgan fingerprint density at radius 2 is 2.05 bits per heavy atom. The Morgan fingerprint density at radius 3 is 2.75 bits per heavy atom. The van der Waals surface area contributed by atoms with E-state index in [1.165, 1.54) is 12.4 Å². The Labute approximate surface area is 126 Å². The summed E-state index contributed by atoms with van der Waals surface area (Å²) in [5, 5.41) is 3.43. The summed E-state index contributed by atoms with van der Waals surface area (Å²) in [6, 6.07) is 5.04. The van der Waals surface area contributed by atoms with Gasteiger partial charge in [-0.05, 0) is 24.6 Å². The summed E-state index contributed by atoms with van der Waals surface area (Å²) < 4.78 is 0. The van der Waals surface area contributed by atoms with Crippen molar-refractivity contribution in [3.63, 3.8) is 0 Å². The number of nitrogens with zero attached hydrogens (tertiary/aromatic N) is 1. The highest BCUT2D eigenvalue weighted by molar-refractivity contribution is 6.40. The van der Waals surface area contributed by atoms with Crippen LogP contribution in [0.2, 0.25) is 10.0 Å². The Hall–Kier alpha value is -1.82. The maximum atomic E-state index is 12.2. The average molecular weight is 311 g/mol. The van der Waals surface area contributed by atoms with Crippen molar-refractivity contribution in [1.29, 1.82) is 0 Å². The summed E-state index contributed by atoms with van der Waals surface area (Å²) in [5.74, 6) is 4.95. The number of hydrogen-bond acceptors (Lipinski definition) is 4. The third-order valence-electron chi connectivity index (χ3n) is 2.74. The Balaban J connectivity index is 2.35. The van der Waals surface area contributed by atoms with E-state index in [4.69, 9.17) is 29.0 Å². The molecule has 0 saturated carbocycles. The summed E-state index contributed by atoms with van der Waals surface area (Å²) in [6.45, 7) is 1.82. The zero-order valence-electron chi connectivity index (χ0n) is 10.6. The van der Waals surface area contributed by atoms with Gasteiger partial charge in [0.15, 0.2) is 0 Å². The third kappa shape index (κ3) is 2.85. The number of benzene rings is 1. The monoisotopic (exact) mass is 310 g/mol. The molecule has 2 rings (SSSR count). The third-order valence-corrected chi connectivity index (χ3v) is 3.55. The lowest BCUT2D eigenvalue weighted by molar-refractivity contribution is 0.102. The molecule has 1 aromatic heterocycles. The van der Waals surface area contributed by atoms with Gasteiger partial charge < -0.3 is 10.7 Å². The first-order valence-electron chi connectivity index (χ1n) is 5.71. The normalized spacial score (nSPS) is 10.2. The van der Waals surface area contributed by atoms with Gasteiger partial charge in [0.2, 0.25) is 0 Å². The fourth-order valence-electron chi connectivity index (χ4n) is 1.65. The summed E-state index contributed by atoms with van der Waals surface area (Å²) >= 11 is 12.2. The Bertz CT molecular complexity index is 661. The standard InChI is InChI=1S/C13H12Cl2N4O/c1-7-2-3-9(14)12(11(7)15)18-13(20)8-6-17-5-4-10(8)19-16/h2-6H,16H2,1H3,(H,17,19)(H,18,20). The van der Waals surface area contributed by atoms with E-state index < -0.39 is 5.91 Å². The van der Waals surface area contributed by atoms with Crippen LogP contribution in [0.15, 0.2) is 30.6 Å². The van der Waals surface area contributed by atoms with E-state index >= 15 is 0 Å². The number of nitrogen functional groups attached to an aromatic ring is 1. The summed E-state index contributed by atoms with van der Waals surface area (Å²) in [7, 11) is 0. The Morgan fingerprint density at radius 1 is 1.30 bits per heavy atom. The van der Waals surface area contributed by atoms with Gasteiger partial charge in [-0.1, -0.05) is 29.3 Å². The fourth-order valence-corrected chi connectivity index (χ4v) is 2.12. The molecule has 1 heterocycles. The van der Waals surface area contributed by atoms with Crippen LogP contribution in [0.5, 0.6) is 0 Å². The second-order valence-electron chi connectivity index (χ2n) is 4.07. The second-order valence-corrected chi connectivity index (χ2v) is 4.86. The number of aromatic nitrogens is 1. The zero-order valence-corrected chi connectivity index (χ0v) is 12.1. The average Bonchev–Trinajstić information content (AvgIpc) is 2.47. The number of pyridine rings is 1. The first kappa shape index (κ1) is 14.6. The minimum Gasteiger partial charge on any atom is -0.323 e. The zero-order chi connectivity index (χ0) is 14.7. The molecule has 5 nitrogen and oxygen atoms in total. The quantitative estimate of drug-likeness (QED) is 0.600. The molecule has 7 heteroatoms. The van der Waals surface area contributed by atoms with Crippen molar-refractivity contribution in [3.8, 4) is 0 Å². The Kier molecular flexibility index (Phi) is 4.44. The van der Waals surface area contributed by atoms with Crippen molar-refractivity contribution in [2.75, 3.05) is 10.7 Å². The van der Waals surface area contributed by atoms with E-state index in [1.54, 1.807) is 18.2 Å². The molecular formula is C13H12Cl2N4O. The number of carbonyl (C=O) groups excluding carboxylic acids is 1. The van der Waals surface area contributed by atoms with Crippen LogP contribution in [-0.2, 0) is 0 Å². The topological polar surface area (TPSA) is 80.0 Å². The van der Waals surface area contributed by atoms with Crippen LogP contribution in [0.3, 0.4) is 0 Å². The first-order chi connectivity index (χ1) is 9.54. The van der Waals surface area contributed by atoms with Gasteiger partial charge in [0.25, 0.3) is 5.91 Å². The minimum absolute atomic E-state index is 0.295. The van der Waals surface area contributed by atoms with Gasteiger partial charge in [-0.25, -0.2) is 0 Å². The number of nitrogens with one attached hydrogen (secondary N) is 2. The molecule has 0 saturated heterocycles. The number of halogens is 2. The van der Waals surface area contributed by atoms with Crippen molar-refractivity contribution in [3.05, 3.63) is 51.8 Å². The number of aryl methyl sites for hydroxylation is 1. The number of hydrogen-bond donors (Lipinski definition) is 3. The molecule has 20 heavy (non-hydrogen) atoms. The van der Waals surface area contributed by atoms with Gasteiger partial charge in [-0.15, -0.1) is 0 Å². The highest BCUT2D eigenvalue weighted by Crippen LogP contribution is 2.33. The van der Waals surface area contributed by atoms with E-state index in [-0.39, 0.29) is 0 Å². The maximum absolute atomic E-state index is 12.2. The molecule has 0 aliphatic carbocycles. The molecule has 2 aromatic rings. The molecule has 0 spiro atoms.